The average molecular weight is 338 g/mol. The molecule has 0 fully saturated rings. The van der Waals surface area contributed by atoms with E-state index in [1.807, 2.05) is 31.2 Å². The van der Waals surface area contributed by atoms with Crippen molar-refractivity contribution in [3.8, 4) is 11.4 Å². The van der Waals surface area contributed by atoms with Crippen molar-refractivity contribution in [1.82, 2.24) is 10.1 Å². The Bertz CT molecular complexity index is 901. The predicted molar refractivity (Wildman–Crippen MR) is 89.7 cm³/mol. The Morgan fingerprint density at radius 3 is 2.72 bits per heavy atom. The minimum absolute atomic E-state index is 0.120. The molecule has 3 aromatic rings. The van der Waals surface area contributed by atoms with E-state index in [4.69, 9.17) is 9.26 Å². The van der Waals surface area contributed by atoms with Crippen molar-refractivity contribution >= 4 is 12.0 Å². The summed E-state index contributed by atoms with van der Waals surface area (Å²) in [5.74, 6) is -0.228. The highest BCUT2D eigenvalue weighted by atomic mass is 19.1. The number of carbonyl (C=O) groups excluding carboxylic acids is 1. The summed E-state index contributed by atoms with van der Waals surface area (Å²) in [6.07, 6.45) is 2.79. The van der Waals surface area contributed by atoms with E-state index in [0.717, 1.165) is 11.1 Å². The second-order valence-corrected chi connectivity index (χ2v) is 5.32. The molecule has 0 radical (unpaired) electrons. The summed E-state index contributed by atoms with van der Waals surface area (Å²) < 4.78 is 23.0. The van der Waals surface area contributed by atoms with Crippen LogP contribution in [0.4, 0.5) is 4.39 Å². The summed E-state index contributed by atoms with van der Waals surface area (Å²) in [5.41, 5.74) is 2.58. The van der Waals surface area contributed by atoms with Crippen molar-refractivity contribution in [2.24, 2.45) is 0 Å². The number of nitrogens with zero attached hydrogens (tertiary/aromatic N) is 2. The van der Waals surface area contributed by atoms with Crippen LogP contribution in [0.1, 0.15) is 17.0 Å². The van der Waals surface area contributed by atoms with Crippen LogP contribution in [0.3, 0.4) is 0 Å². The van der Waals surface area contributed by atoms with E-state index in [0.29, 0.717) is 11.4 Å². The lowest BCUT2D eigenvalue weighted by atomic mass is 10.1. The highest BCUT2D eigenvalue weighted by Gasteiger charge is 2.11. The fraction of sp³-hybridized carbons (Fsp3) is 0.105. The first-order valence-electron chi connectivity index (χ1n) is 7.61. The zero-order chi connectivity index (χ0) is 17.6. The van der Waals surface area contributed by atoms with E-state index < -0.39 is 5.97 Å². The lowest BCUT2D eigenvalue weighted by molar-refractivity contribution is -0.139. The highest BCUT2D eigenvalue weighted by Crippen LogP contribution is 2.19. The van der Waals surface area contributed by atoms with Gasteiger partial charge in [0.2, 0.25) is 5.82 Å². The van der Waals surface area contributed by atoms with Gasteiger partial charge in [-0.3, -0.25) is 0 Å². The SMILES string of the molecule is Cc1ccccc1-c1noc(COC(=O)/C=C/c2ccc(F)cc2)n1. The van der Waals surface area contributed by atoms with Gasteiger partial charge in [-0.25, -0.2) is 9.18 Å². The van der Waals surface area contributed by atoms with Crippen LogP contribution >= 0.6 is 0 Å². The third-order valence-electron chi connectivity index (χ3n) is 3.47. The van der Waals surface area contributed by atoms with E-state index in [2.05, 4.69) is 10.1 Å². The number of benzene rings is 2. The molecule has 0 aliphatic rings. The van der Waals surface area contributed by atoms with Gasteiger partial charge in [0.05, 0.1) is 0 Å². The van der Waals surface area contributed by atoms with Gasteiger partial charge < -0.3 is 9.26 Å². The summed E-state index contributed by atoms with van der Waals surface area (Å²) in [6.45, 7) is 1.83. The topological polar surface area (TPSA) is 65.2 Å². The Morgan fingerprint density at radius 1 is 1.20 bits per heavy atom. The minimum atomic E-state index is -0.556. The van der Waals surface area contributed by atoms with Crippen LogP contribution in [-0.2, 0) is 16.1 Å². The predicted octanol–water partition coefficient (Wildman–Crippen LogP) is 3.94. The van der Waals surface area contributed by atoms with Gasteiger partial charge in [0, 0.05) is 11.6 Å². The molecule has 6 heteroatoms. The summed E-state index contributed by atoms with van der Waals surface area (Å²) in [6, 6.07) is 13.4. The maximum atomic E-state index is 12.8. The maximum absolute atomic E-state index is 12.8. The van der Waals surface area contributed by atoms with Crippen LogP contribution in [0.25, 0.3) is 17.5 Å². The Hall–Kier alpha value is -3.28. The molecular formula is C19H15FN2O3. The molecule has 1 heterocycles. The number of halogens is 1. The maximum Gasteiger partial charge on any atom is 0.331 e. The first-order chi connectivity index (χ1) is 12.1. The van der Waals surface area contributed by atoms with Gasteiger partial charge in [0.25, 0.3) is 5.89 Å². The van der Waals surface area contributed by atoms with Crippen LogP contribution in [0.15, 0.2) is 59.1 Å². The molecule has 126 valence electrons. The molecule has 0 aliphatic carbocycles. The van der Waals surface area contributed by atoms with Crippen molar-refractivity contribution in [2.75, 3.05) is 0 Å². The van der Waals surface area contributed by atoms with Crippen molar-refractivity contribution in [2.45, 2.75) is 13.5 Å². The van der Waals surface area contributed by atoms with E-state index in [1.165, 1.54) is 24.3 Å². The number of aromatic nitrogens is 2. The van der Waals surface area contributed by atoms with E-state index in [9.17, 15) is 9.18 Å². The summed E-state index contributed by atoms with van der Waals surface area (Å²) in [5, 5.41) is 3.90. The second kappa shape index (κ2) is 7.53. The molecule has 0 aliphatic heterocycles. The normalized spacial score (nSPS) is 11.0. The lowest BCUT2D eigenvalue weighted by Gasteiger charge is -1.98. The van der Waals surface area contributed by atoms with Gasteiger partial charge in [-0.2, -0.15) is 4.98 Å². The van der Waals surface area contributed by atoms with Crippen LogP contribution in [0, 0.1) is 12.7 Å². The first kappa shape index (κ1) is 16.6. The summed E-state index contributed by atoms with van der Waals surface area (Å²) in [7, 11) is 0. The van der Waals surface area contributed by atoms with Gasteiger partial charge in [-0.15, -0.1) is 0 Å². The molecule has 0 atom stereocenters. The molecule has 1 aromatic heterocycles. The third-order valence-corrected chi connectivity index (χ3v) is 3.47. The van der Waals surface area contributed by atoms with Crippen molar-refractivity contribution < 1.29 is 18.4 Å². The fourth-order valence-electron chi connectivity index (χ4n) is 2.17. The molecule has 25 heavy (non-hydrogen) atoms. The molecule has 2 aromatic carbocycles. The molecule has 3 rings (SSSR count). The smallest absolute Gasteiger partial charge is 0.331 e. The number of esters is 1. The Kier molecular flexibility index (Phi) is 4.99. The lowest BCUT2D eigenvalue weighted by Crippen LogP contribution is -2.01. The van der Waals surface area contributed by atoms with Gasteiger partial charge in [0.1, 0.15) is 5.82 Å². The first-order valence-corrected chi connectivity index (χ1v) is 7.61. The van der Waals surface area contributed by atoms with E-state index in [1.54, 1.807) is 12.1 Å². The minimum Gasteiger partial charge on any atom is -0.452 e. The summed E-state index contributed by atoms with van der Waals surface area (Å²) >= 11 is 0. The molecular weight excluding hydrogens is 323 g/mol. The highest BCUT2D eigenvalue weighted by molar-refractivity contribution is 5.86. The number of hydrogen-bond acceptors (Lipinski definition) is 5. The van der Waals surface area contributed by atoms with Crippen LogP contribution < -0.4 is 0 Å². The number of carbonyl (C=O) groups is 1. The van der Waals surface area contributed by atoms with Gasteiger partial charge in [0.15, 0.2) is 6.61 Å². The molecule has 0 N–H and O–H groups in total. The van der Waals surface area contributed by atoms with Crippen molar-refractivity contribution in [3.05, 3.63) is 77.4 Å². The third kappa shape index (κ3) is 4.38. The Morgan fingerprint density at radius 2 is 1.96 bits per heavy atom. The standard InChI is InChI=1S/C19H15FN2O3/c1-13-4-2-3-5-16(13)19-21-17(25-22-19)12-24-18(23)11-8-14-6-9-15(20)10-7-14/h2-11H,12H2,1H3/b11-8+. The van der Waals surface area contributed by atoms with E-state index >= 15 is 0 Å². The molecule has 0 spiro atoms. The molecule has 0 unspecified atom stereocenters. The Balaban J connectivity index is 1.58. The quantitative estimate of drug-likeness (QED) is 0.521. The van der Waals surface area contributed by atoms with Crippen LogP contribution in [-0.4, -0.2) is 16.1 Å². The second-order valence-electron chi connectivity index (χ2n) is 5.32. The number of ether oxygens (including phenoxy) is 1. The monoisotopic (exact) mass is 338 g/mol. The van der Waals surface area contributed by atoms with Crippen LogP contribution in [0.2, 0.25) is 0 Å². The molecule has 0 saturated carbocycles. The van der Waals surface area contributed by atoms with Gasteiger partial charge in [-0.05, 0) is 36.3 Å². The zero-order valence-electron chi connectivity index (χ0n) is 13.5. The zero-order valence-corrected chi connectivity index (χ0v) is 13.5. The largest absolute Gasteiger partial charge is 0.452 e. The Labute approximate surface area is 143 Å². The fourth-order valence-corrected chi connectivity index (χ4v) is 2.17. The number of rotatable bonds is 5. The molecule has 5 nitrogen and oxygen atoms in total. The number of aryl methyl sites for hydroxylation is 1. The molecule has 0 saturated heterocycles. The van der Waals surface area contributed by atoms with Crippen molar-refractivity contribution in [1.29, 1.82) is 0 Å². The summed E-state index contributed by atoms with van der Waals surface area (Å²) in [4.78, 5) is 15.9. The van der Waals surface area contributed by atoms with Gasteiger partial charge in [-0.1, -0.05) is 41.6 Å². The molecule has 0 amide bonds. The van der Waals surface area contributed by atoms with Gasteiger partial charge >= 0.3 is 5.97 Å². The molecule has 0 bridgehead atoms. The number of hydrogen-bond donors (Lipinski definition) is 0. The average Bonchev–Trinajstić information content (AvgIpc) is 3.08. The van der Waals surface area contributed by atoms with Crippen LogP contribution in [0.5, 0.6) is 0 Å². The van der Waals surface area contributed by atoms with E-state index in [-0.39, 0.29) is 18.3 Å². The van der Waals surface area contributed by atoms with Crippen molar-refractivity contribution in [3.63, 3.8) is 0 Å².